The van der Waals surface area contributed by atoms with E-state index >= 15 is 0 Å². The summed E-state index contributed by atoms with van der Waals surface area (Å²) >= 11 is 2.42. The fourth-order valence-corrected chi connectivity index (χ4v) is 1.95. The molecule has 0 aromatic heterocycles. The SMILES string of the molecule is C=C/C=C\CCCC1=CC=C(I)CC1. The predicted molar refractivity (Wildman–Crippen MR) is 72.6 cm³/mol. The summed E-state index contributed by atoms with van der Waals surface area (Å²) in [6.07, 6.45) is 16.8. The first-order valence-corrected chi connectivity index (χ1v) is 6.22. The van der Waals surface area contributed by atoms with E-state index in [9.17, 15) is 0 Å². The van der Waals surface area contributed by atoms with Crippen molar-refractivity contribution in [1.29, 1.82) is 0 Å². The summed E-state index contributed by atoms with van der Waals surface area (Å²) in [5, 5.41) is 0. The predicted octanol–water partition coefficient (Wildman–Crippen LogP) is 4.94. The van der Waals surface area contributed by atoms with E-state index in [4.69, 9.17) is 0 Å². The topological polar surface area (TPSA) is 0 Å². The fraction of sp³-hybridized carbons (Fsp3) is 0.385. The smallest absolute Gasteiger partial charge is 0.00909 e. The van der Waals surface area contributed by atoms with Crippen LogP contribution in [-0.2, 0) is 0 Å². The Morgan fingerprint density at radius 2 is 2.21 bits per heavy atom. The lowest BCUT2D eigenvalue weighted by atomic mass is 10.00. The highest BCUT2D eigenvalue weighted by Crippen LogP contribution is 2.25. The monoisotopic (exact) mass is 300 g/mol. The molecule has 0 aliphatic heterocycles. The number of rotatable bonds is 5. The van der Waals surface area contributed by atoms with Gasteiger partial charge in [-0.15, -0.1) is 0 Å². The van der Waals surface area contributed by atoms with Gasteiger partial charge in [-0.05, 0) is 58.3 Å². The van der Waals surface area contributed by atoms with Gasteiger partial charge >= 0.3 is 0 Å². The zero-order valence-corrected chi connectivity index (χ0v) is 10.7. The van der Waals surface area contributed by atoms with Crippen LogP contribution in [0.4, 0.5) is 0 Å². The summed E-state index contributed by atoms with van der Waals surface area (Å²) < 4.78 is 1.48. The minimum absolute atomic E-state index is 1.17. The lowest BCUT2D eigenvalue weighted by molar-refractivity contribution is 0.779. The maximum absolute atomic E-state index is 3.65. The van der Waals surface area contributed by atoms with Crippen molar-refractivity contribution in [3.63, 3.8) is 0 Å². The second-order valence-corrected chi connectivity index (χ2v) is 4.88. The Balaban J connectivity index is 2.19. The highest BCUT2D eigenvalue weighted by atomic mass is 127. The molecule has 0 fully saturated rings. The minimum atomic E-state index is 1.17. The molecule has 0 aromatic carbocycles. The van der Waals surface area contributed by atoms with Gasteiger partial charge < -0.3 is 0 Å². The number of allylic oxidation sites excluding steroid dienone is 7. The number of hydrogen-bond donors (Lipinski definition) is 0. The number of halogens is 1. The van der Waals surface area contributed by atoms with Gasteiger partial charge in [0.1, 0.15) is 0 Å². The van der Waals surface area contributed by atoms with Gasteiger partial charge in [0.2, 0.25) is 0 Å². The lowest BCUT2D eigenvalue weighted by Crippen LogP contribution is -1.89. The van der Waals surface area contributed by atoms with E-state index in [0.717, 1.165) is 0 Å². The summed E-state index contributed by atoms with van der Waals surface area (Å²) in [5.74, 6) is 0. The largest absolute Gasteiger partial charge is 0.0991 e. The Bertz CT molecular complexity index is 269. The van der Waals surface area contributed by atoms with Crippen molar-refractivity contribution in [2.75, 3.05) is 0 Å². The Morgan fingerprint density at radius 1 is 1.36 bits per heavy atom. The third-order valence-electron chi connectivity index (χ3n) is 2.33. The number of hydrogen-bond acceptors (Lipinski definition) is 0. The van der Waals surface area contributed by atoms with E-state index in [1.165, 1.54) is 35.7 Å². The van der Waals surface area contributed by atoms with Crippen LogP contribution in [0.1, 0.15) is 32.1 Å². The van der Waals surface area contributed by atoms with E-state index in [1.54, 1.807) is 5.57 Å². The van der Waals surface area contributed by atoms with E-state index in [2.05, 4.69) is 47.4 Å². The molecule has 0 radical (unpaired) electrons. The van der Waals surface area contributed by atoms with Gasteiger partial charge in [-0.1, -0.05) is 42.5 Å². The van der Waals surface area contributed by atoms with Crippen molar-refractivity contribution in [3.05, 3.63) is 46.1 Å². The molecule has 0 aromatic rings. The summed E-state index contributed by atoms with van der Waals surface area (Å²) in [6, 6.07) is 0. The van der Waals surface area contributed by atoms with Crippen molar-refractivity contribution in [3.8, 4) is 0 Å². The van der Waals surface area contributed by atoms with Gasteiger partial charge in [0.25, 0.3) is 0 Å². The molecule has 0 spiro atoms. The Hall–Kier alpha value is -0.310. The zero-order chi connectivity index (χ0) is 10.2. The zero-order valence-electron chi connectivity index (χ0n) is 8.51. The molecule has 14 heavy (non-hydrogen) atoms. The van der Waals surface area contributed by atoms with Crippen molar-refractivity contribution in [2.24, 2.45) is 0 Å². The standard InChI is InChI=1S/C13H17I/c1-2-3-4-5-6-7-12-8-10-13(14)11-9-12/h2-4,8,10H,1,5-7,9,11H2/b4-3-. The Morgan fingerprint density at radius 3 is 2.86 bits per heavy atom. The second-order valence-electron chi connectivity index (χ2n) is 3.49. The molecule has 0 bridgehead atoms. The van der Waals surface area contributed by atoms with Crippen LogP contribution in [-0.4, -0.2) is 0 Å². The summed E-state index contributed by atoms with van der Waals surface area (Å²) in [4.78, 5) is 0. The molecule has 1 aliphatic rings. The molecule has 0 saturated heterocycles. The van der Waals surface area contributed by atoms with Gasteiger partial charge in [-0.2, -0.15) is 0 Å². The average Bonchev–Trinajstić information content (AvgIpc) is 2.21. The molecule has 0 unspecified atom stereocenters. The maximum Gasteiger partial charge on any atom is -0.00909 e. The maximum atomic E-state index is 3.65. The van der Waals surface area contributed by atoms with Crippen molar-refractivity contribution in [1.82, 2.24) is 0 Å². The van der Waals surface area contributed by atoms with E-state index in [-0.39, 0.29) is 0 Å². The number of unbranched alkanes of at least 4 members (excludes halogenated alkanes) is 1. The second kappa shape index (κ2) is 7.04. The van der Waals surface area contributed by atoms with Gasteiger partial charge in [-0.3, -0.25) is 0 Å². The van der Waals surface area contributed by atoms with Crippen molar-refractivity contribution >= 4 is 22.6 Å². The summed E-state index contributed by atoms with van der Waals surface area (Å²) in [7, 11) is 0. The molecule has 1 aliphatic carbocycles. The van der Waals surface area contributed by atoms with E-state index in [0.29, 0.717) is 0 Å². The first-order valence-electron chi connectivity index (χ1n) is 5.14. The van der Waals surface area contributed by atoms with E-state index < -0.39 is 0 Å². The molecular weight excluding hydrogens is 283 g/mol. The fourth-order valence-electron chi connectivity index (χ4n) is 1.50. The van der Waals surface area contributed by atoms with Crippen LogP contribution in [0.15, 0.2) is 46.1 Å². The summed E-state index contributed by atoms with van der Waals surface area (Å²) in [5.41, 5.74) is 1.61. The Labute approximate surface area is 101 Å². The van der Waals surface area contributed by atoms with Crippen molar-refractivity contribution in [2.45, 2.75) is 32.1 Å². The molecule has 0 atom stereocenters. The lowest BCUT2D eigenvalue weighted by Gasteiger charge is -2.10. The van der Waals surface area contributed by atoms with Crippen LogP contribution in [0.3, 0.4) is 0 Å². The molecule has 0 amide bonds. The average molecular weight is 300 g/mol. The van der Waals surface area contributed by atoms with Crippen LogP contribution >= 0.6 is 22.6 Å². The third-order valence-corrected chi connectivity index (χ3v) is 3.22. The van der Waals surface area contributed by atoms with Crippen LogP contribution in [0.5, 0.6) is 0 Å². The molecule has 1 heteroatoms. The van der Waals surface area contributed by atoms with Gasteiger partial charge in [-0.25, -0.2) is 0 Å². The van der Waals surface area contributed by atoms with Crippen molar-refractivity contribution < 1.29 is 0 Å². The summed E-state index contributed by atoms with van der Waals surface area (Å²) in [6.45, 7) is 3.65. The molecule has 0 saturated carbocycles. The Kier molecular flexibility index (Phi) is 5.92. The molecular formula is C13H17I. The van der Waals surface area contributed by atoms with Gasteiger partial charge in [0.15, 0.2) is 0 Å². The van der Waals surface area contributed by atoms with Crippen LogP contribution in [0.25, 0.3) is 0 Å². The first kappa shape index (κ1) is 11.8. The third kappa shape index (κ3) is 4.80. The van der Waals surface area contributed by atoms with Gasteiger partial charge in [0.05, 0.1) is 0 Å². The van der Waals surface area contributed by atoms with Crippen LogP contribution in [0.2, 0.25) is 0 Å². The normalized spacial score (nSPS) is 16.6. The van der Waals surface area contributed by atoms with E-state index in [1.807, 2.05) is 12.2 Å². The molecule has 76 valence electrons. The highest BCUT2D eigenvalue weighted by Gasteiger charge is 2.02. The van der Waals surface area contributed by atoms with Crippen LogP contribution < -0.4 is 0 Å². The minimum Gasteiger partial charge on any atom is -0.0991 e. The molecule has 0 N–H and O–H groups in total. The molecule has 1 rings (SSSR count). The van der Waals surface area contributed by atoms with Gasteiger partial charge in [0, 0.05) is 0 Å². The quantitative estimate of drug-likeness (QED) is 0.383. The molecule has 0 heterocycles. The van der Waals surface area contributed by atoms with Crippen LogP contribution in [0, 0.1) is 0 Å². The highest BCUT2D eigenvalue weighted by molar-refractivity contribution is 14.1. The first-order chi connectivity index (χ1) is 6.83. The molecule has 0 nitrogen and oxygen atoms in total.